The van der Waals surface area contributed by atoms with Gasteiger partial charge in [0.25, 0.3) is 0 Å². The fourth-order valence-electron chi connectivity index (χ4n) is 3.17. The number of nitrogens with zero attached hydrogens (tertiary/aromatic N) is 2. The van der Waals surface area contributed by atoms with Crippen LogP contribution in [0.15, 0.2) is 35.4 Å². The molecule has 2 rings (SSSR count). The molecule has 0 aromatic heterocycles. The zero-order valence-electron chi connectivity index (χ0n) is 19.7. The molecule has 5 N–H and O–H groups in total. The quantitative estimate of drug-likeness (QED) is 0.286. The maximum Gasteiger partial charge on any atom is 0.249 e. The number of rotatable bonds is 7. The Bertz CT molecular complexity index is 914. The third kappa shape index (κ3) is 6.40. The van der Waals surface area contributed by atoms with E-state index >= 15 is 0 Å². The van der Waals surface area contributed by atoms with Crippen molar-refractivity contribution in [1.82, 2.24) is 20.5 Å². The van der Waals surface area contributed by atoms with Crippen LogP contribution in [0.25, 0.3) is 0 Å². The van der Waals surface area contributed by atoms with E-state index in [-0.39, 0.29) is 29.9 Å². The van der Waals surface area contributed by atoms with Gasteiger partial charge in [-0.05, 0) is 23.7 Å². The van der Waals surface area contributed by atoms with E-state index in [1.165, 1.54) is 5.01 Å². The summed E-state index contributed by atoms with van der Waals surface area (Å²) in [4.78, 5) is 25.0. The zero-order valence-corrected chi connectivity index (χ0v) is 21.3. The van der Waals surface area contributed by atoms with Crippen LogP contribution in [0.5, 0.6) is 0 Å². The normalized spacial score (nSPS) is 20.8. The van der Waals surface area contributed by atoms with Crippen LogP contribution in [0.3, 0.4) is 0 Å². The number of thioether (sulfide) groups is 1. The first kappa shape index (κ1) is 27.4. The second-order valence-electron chi connectivity index (χ2n) is 9.76. The smallest absolute Gasteiger partial charge is 0.249 e. The Labute approximate surface area is 201 Å². The van der Waals surface area contributed by atoms with Crippen LogP contribution in [0.1, 0.15) is 53.5 Å². The van der Waals surface area contributed by atoms with Crippen LogP contribution in [0.4, 0.5) is 0 Å². The highest BCUT2D eigenvalue weighted by Gasteiger charge is 2.56. The zero-order chi connectivity index (χ0) is 25.0. The van der Waals surface area contributed by atoms with Gasteiger partial charge in [-0.15, -0.1) is 5.10 Å². The van der Waals surface area contributed by atoms with Gasteiger partial charge in [0.1, 0.15) is 0 Å². The Balaban J connectivity index is 2.71. The molecule has 10 nitrogen and oxygen atoms in total. The number of amidine groups is 1. The first-order valence-electron chi connectivity index (χ1n) is 10.5. The monoisotopic (exact) mass is 499 g/mol. The van der Waals surface area contributed by atoms with Gasteiger partial charge in [0.15, 0.2) is 10.0 Å². The van der Waals surface area contributed by atoms with Crippen molar-refractivity contribution in [2.75, 3.05) is 6.54 Å². The Morgan fingerprint density at radius 2 is 1.76 bits per heavy atom. The molecule has 0 fully saturated rings. The van der Waals surface area contributed by atoms with E-state index in [1.54, 1.807) is 65.8 Å². The number of hydrogen-bond acceptors (Lipinski definition) is 7. The molecule has 1 aromatic rings. The number of amides is 2. The first-order valence-corrected chi connectivity index (χ1v) is 12.4. The van der Waals surface area contributed by atoms with Crippen LogP contribution >= 0.6 is 11.8 Å². The van der Waals surface area contributed by atoms with Gasteiger partial charge in [0.05, 0.1) is 6.04 Å². The van der Waals surface area contributed by atoms with Crippen LogP contribution in [0, 0.1) is 10.8 Å². The van der Waals surface area contributed by atoms with Crippen molar-refractivity contribution in [3.8, 4) is 0 Å². The molecule has 1 aliphatic heterocycles. The van der Waals surface area contributed by atoms with Crippen LogP contribution in [-0.2, 0) is 25.7 Å². The minimum Gasteiger partial charge on any atom is -0.317 e. The Morgan fingerprint density at radius 3 is 2.24 bits per heavy atom. The molecule has 1 aromatic carbocycles. The van der Waals surface area contributed by atoms with Gasteiger partial charge >= 0.3 is 0 Å². The molecular weight excluding hydrogens is 466 g/mol. The third-order valence-corrected chi connectivity index (χ3v) is 6.81. The summed E-state index contributed by atoms with van der Waals surface area (Å²) in [6, 6.07) is 8.15. The minimum atomic E-state index is -2.43. The maximum atomic E-state index is 13.6. The lowest BCUT2D eigenvalue weighted by Crippen LogP contribution is -2.58. The van der Waals surface area contributed by atoms with Crippen molar-refractivity contribution in [3.63, 3.8) is 0 Å². The fourth-order valence-corrected chi connectivity index (χ4v) is 5.12. The highest BCUT2D eigenvalue weighted by Crippen LogP contribution is 2.50. The standard InChI is InChI=1S/C21H33N5O5S2/c1-19(2,3)16(27)23-18-24-26(17(28)20(4,5)6)21(32-18,14-10-8-7-9-11-14)15(12-13-22-29)25-33(30)31/h7-11,15,22,25,29H,12-13H2,1-6H3,(H,30,31)(H,23,24,27). The predicted molar refractivity (Wildman–Crippen MR) is 129 cm³/mol. The summed E-state index contributed by atoms with van der Waals surface area (Å²) in [6.45, 7) is 10.6. The van der Waals surface area contributed by atoms with Crippen molar-refractivity contribution in [2.24, 2.45) is 15.9 Å². The molecule has 0 radical (unpaired) electrons. The second kappa shape index (κ2) is 10.6. The van der Waals surface area contributed by atoms with E-state index in [4.69, 9.17) is 0 Å². The van der Waals surface area contributed by atoms with E-state index in [1.807, 2.05) is 6.07 Å². The van der Waals surface area contributed by atoms with Crippen LogP contribution < -0.4 is 15.5 Å². The lowest BCUT2D eigenvalue weighted by molar-refractivity contribution is -0.144. The molecule has 33 heavy (non-hydrogen) atoms. The van der Waals surface area contributed by atoms with Gasteiger partial charge < -0.3 is 10.5 Å². The lowest BCUT2D eigenvalue weighted by atomic mass is 9.90. The molecule has 3 atom stereocenters. The Hall–Kier alpha value is -1.83. The van der Waals surface area contributed by atoms with Crippen molar-refractivity contribution in [2.45, 2.75) is 58.9 Å². The number of nitrogens with one attached hydrogen (secondary N) is 3. The summed E-state index contributed by atoms with van der Waals surface area (Å²) in [5, 5.41) is 18.0. The second-order valence-corrected chi connectivity index (χ2v) is 11.7. The number of benzene rings is 1. The minimum absolute atomic E-state index is 0.0746. The summed E-state index contributed by atoms with van der Waals surface area (Å²) in [7, 11) is 0. The van der Waals surface area contributed by atoms with Crippen molar-refractivity contribution >= 4 is 40.0 Å². The Kier molecular flexibility index (Phi) is 8.82. The topological polar surface area (TPSA) is 143 Å². The lowest BCUT2D eigenvalue weighted by Gasteiger charge is -2.43. The van der Waals surface area contributed by atoms with Crippen molar-refractivity contribution in [1.29, 1.82) is 0 Å². The molecule has 0 saturated carbocycles. The van der Waals surface area contributed by atoms with E-state index < -0.39 is 33.0 Å². The SMILES string of the molecule is CC(C)(C)C(=O)NC1=NN(C(=O)C(C)(C)C)C(c2ccccc2)(C(CCNO)NS(=O)O)S1. The number of hydroxylamine groups is 1. The fraction of sp³-hybridized carbons (Fsp3) is 0.571. The van der Waals surface area contributed by atoms with Crippen LogP contribution in [-0.4, -0.2) is 48.5 Å². The van der Waals surface area contributed by atoms with Gasteiger partial charge in [-0.1, -0.05) is 71.9 Å². The summed E-state index contributed by atoms with van der Waals surface area (Å²) in [6.07, 6.45) is 0.161. The number of carbonyl (C=O) groups is 2. The predicted octanol–water partition coefficient (Wildman–Crippen LogP) is 2.36. The first-order chi connectivity index (χ1) is 15.2. The molecule has 184 valence electrons. The average Bonchev–Trinajstić information content (AvgIpc) is 3.09. The molecule has 1 aliphatic rings. The van der Waals surface area contributed by atoms with E-state index in [0.29, 0.717) is 5.56 Å². The molecule has 12 heteroatoms. The highest BCUT2D eigenvalue weighted by atomic mass is 32.2. The molecule has 1 heterocycles. The van der Waals surface area contributed by atoms with E-state index in [0.717, 1.165) is 11.8 Å². The molecule has 0 saturated heterocycles. The number of hydrazone groups is 1. The van der Waals surface area contributed by atoms with E-state index in [9.17, 15) is 23.6 Å². The van der Waals surface area contributed by atoms with Gasteiger partial charge in [0.2, 0.25) is 23.1 Å². The molecule has 0 bridgehead atoms. The molecule has 0 spiro atoms. The van der Waals surface area contributed by atoms with Crippen LogP contribution in [0.2, 0.25) is 0 Å². The third-order valence-electron chi connectivity index (χ3n) is 4.94. The van der Waals surface area contributed by atoms with Crippen molar-refractivity contribution in [3.05, 3.63) is 35.9 Å². The summed E-state index contributed by atoms with van der Waals surface area (Å²) in [5.41, 5.74) is 1.15. The van der Waals surface area contributed by atoms with Gasteiger partial charge in [-0.25, -0.2) is 19.4 Å². The van der Waals surface area contributed by atoms with Gasteiger partial charge in [0, 0.05) is 17.4 Å². The van der Waals surface area contributed by atoms with E-state index in [2.05, 4.69) is 20.6 Å². The highest BCUT2D eigenvalue weighted by molar-refractivity contribution is 8.15. The molecular formula is C21H33N5O5S2. The molecule has 0 aliphatic carbocycles. The largest absolute Gasteiger partial charge is 0.317 e. The summed E-state index contributed by atoms with van der Waals surface area (Å²) >= 11 is -1.31. The molecule has 2 amide bonds. The van der Waals surface area contributed by atoms with Gasteiger partial charge in [-0.2, -0.15) is 0 Å². The summed E-state index contributed by atoms with van der Waals surface area (Å²) in [5.74, 6) is -0.626. The summed E-state index contributed by atoms with van der Waals surface area (Å²) < 4.78 is 24.2. The average molecular weight is 500 g/mol. The van der Waals surface area contributed by atoms with Gasteiger partial charge in [-0.3, -0.25) is 14.1 Å². The number of hydrogen-bond donors (Lipinski definition) is 5. The Morgan fingerprint density at radius 1 is 1.15 bits per heavy atom. The van der Waals surface area contributed by atoms with Crippen molar-refractivity contribution < 1.29 is 23.6 Å². The number of carbonyl (C=O) groups excluding carboxylic acids is 2. The molecule has 3 unspecified atom stereocenters. The maximum absolute atomic E-state index is 13.6.